The standard InChI is InChI=1S/C14H11ClO6S/c15-10-11(21-6-9(17)18)13(14(19)20)22-12(10)8-3-1-2-7(4-8)5-16/h1-4,16H,5-6H2,(H,17,18)(H,19,20). The zero-order valence-corrected chi connectivity index (χ0v) is 12.6. The van der Waals surface area contributed by atoms with E-state index in [1.54, 1.807) is 24.3 Å². The van der Waals surface area contributed by atoms with E-state index in [0.29, 0.717) is 16.0 Å². The van der Waals surface area contributed by atoms with Crippen molar-refractivity contribution in [2.24, 2.45) is 0 Å². The highest BCUT2D eigenvalue weighted by atomic mass is 35.5. The molecular formula is C14H11ClO6S. The van der Waals surface area contributed by atoms with E-state index < -0.39 is 18.5 Å². The Balaban J connectivity index is 2.50. The van der Waals surface area contributed by atoms with Gasteiger partial charge in [-0.2, -0.15) is 0 Å². The van der Waals surface area contributed by atoms with Crippen LogP contribution in [0.2, 0.25) is 5.02 Å². The molecule has 0 atom stereocenters. The Kier molecular flexibility index (Phi) is 5.02. The summed E-state index contributed by atoms with van der Waals surface area (Å²) in [6.07, 6.45) is 0. The fraction of sp³-hybridized carbons (Fsp3) is 0.143. The Morgan fingerprint density at radius 2 is 2.00 bits per heavy atom. The van der Waals surface area contributed by atoms with Crippen LogP contribution in [0.1, 0.15) is 15.2 Å². The zero-order valence-electron chi connectivity index (χ0n) is 11.1. The van der Waals surface area contributed by atoms with Gasteiger partial charge in [-0.25, -0.2) is 9.59 Å². The molecule has 0 amide bonds. The van der Waals surface area contributed by atoms with Gasteiger partial charge in [-0.1, -0.05) is 29.8 Å². The van der Waals surface area contributed by atoms with E-state index in [4.69, 9.17) is 26.6 Å². The van der Waals surface area contributed by atoms with E-state index in [-0.39, 0.29) is 22.3 Å². The maximum Gasteiger partial charge on any atom is 0.349 e. The molecule has 0 aliphatic heterocycles. The number of halogens is 1. The summed E-state index contributed by atoms with van der Waals surface area (Å²) in [5.74, 6) is -2.65. The Bertz CT molecular complexity index is 724. The molecule has 1 aromatic heterocycles. The molecule has 0 bridgehead atoms. The summed E-state index contributed by atoms with van der Waals surface area (Å²) in [6.45, 7) is -0.849. The van der Waals surface area contributed by atoms with Gasteiger partial charge in [-0.05, 0) is 17.2 Å². The number of aliphatic carboxylic acids is 1. The second-order valence-electron chi connectivity index (χ2n) is 4.25. The highest BCUT2D eigenvalue weighted by Gasteiger charge is 2.24. The SMILES string of the molecule is O=C(O)COc1c(C(=O)O)sc(-c2cccc(CO)c2)c1Cl. The maximum atomic E-state index is 11.3. The molecule has 116 valence electrons. The lowest BCUT2D eigenvalue weighted by Gasteiger charge is -2.04. The van der Waals surface area contributed by atoms with Gasteiger partial charge in [0.05, 0.1) is 11.5 Å². The van der Waals surface area contributed by atoms with Crippen molar-refractivity contribution >= 4 is 34.9 Å². The summed E-state index contributed by atoms with van der Waals surface area (Å²) in [4.78, 5) is 22.1. The third-order valence-electron chi connectivity index (χ3n) is 2.72. The average Bonchev–Trinajstić information content (AvgIpc) is 2.82. The second kappa shape index (κ2) is 6.78. The first-order chi connectivity index (χ1) is 10.4. The highest BCUT2D eigenvalue weighted by Crippen LogP contribution is 2.45. The normalized spacial score (nSPS) is 10.5. The van der Waals surface area contributed by atoms with E-state index in [1.165, 1.54) is 0 Å². The number of hydrogen-bond acceptors (Lipinski definition) is 5. The summed E-state index contributed by atoms with van der Waals surface area (Å²) in [6, 6.07) is 6.80. The fourth-order valence-corrected chi connectivity index (χ4v) is 3.20. The number of thiophene rings is 1. The van der Waals surface area contributed by atoms with Gasteiger partial charge in [0.15, 0.2) is 17.2 Å². The number of hydrogen-bond donors (Lipinski definition) is 3. The van der Waals surface area contributed by atoms with Crippen molar-refractivity contribution in [1.29, 1.82) is 0 Å². The molecular weight excluding hydrogens is 332 g/mol. The lowest BCUT2D eigenvalue weighted by Crippen LogP contribution is -2.10. The molecule has 3 N–H and O–H groups in total. The van der Waals surface area contributed by atoms with E-state index in [9.17, 15) is 14.7 Å². The third-order valence-corrected chi connectivity index (χ3v) is 4.40. The van der Waals surface area contributed by atoms with Crippen LogP contribution in [0.4, 0.5) is 0 Å². The number of ether oxygens (including phenoxy) is 1. The Morgan fingerprint density at radius 1 is 1.27 bits per heavy atom. The van der Waals surface area contributed by atoms with Crippen molar-refractivity contribution in [3.8, 4) is 16.2 Å². The van der Waals surface area contributed by atoms with E-state index in [1.807, 2.05) is 0 Å². The molecule has 22 heavy (non-hydrogen) atoms. The topological polar surface area (TPSA) is 104 Å². The monoisotopic (exact) mass is 342 g/mol. The third kappa shape index (κ3) is 3.38. The number of carboxylic acids is 2. The average molecular weight is 343 g/mol. The van der Waals surface area contributed by atoms with Gasteiger partial charge in [0.25, 0.3) is 0 Å². The van der Waals surface area contributed by atoms with Crippen LogP contribution in [0.3, 0.4) is 0 Å². The first-order valence-corrected chi connectivity index (χ1v) is 7.23. The molecule has 0 aliphatic carbocycles. The van der Waals surface area contributed by atoms with Crippen LogP contribution >= 0.6 is 22.9 Å². The first-order valence-electron chi connectivity index (χ1n) is 6.04. The minimum absolute atomic E-state index is 0.0405. The van der Waals surface area contributed by atoms with E-state index >= 15 is 0 Å². The van der Waals surface area contributed by atoms with E-state index in [0.717, 1.165) is 11.3 Å². The molecule has 2 rings (SSSR count). The zero-order chi connectivity index (χ0) is 16.3. The van der Waals surface area contributed by atoms with Crippen LogP contribution in [0, 0.1) is 0 Å². The molecule has 0 fully saturated rings. The highest BCUT2D eigenvalue weighted by molar-refractivity contribution is 7.18. The molecule has 1 aromatic carbocycles. The molecule has 0 radical (unpaired) electrons. The number of carboxylic acid groups (broad SMARTS) is 2. The predicted octanol–water partition coefficient (Wildman–Crippen LogP) is 2.72. The summed E-state index contributed by atoms with van der Waals surface area (Å²) in [7, 11) is 0. The Labute approximate surface area is 134 Å². The molecule has 0 saturated heterocycles. The fourth-order valence-electron chi connectivity index (χ4n) is 1.80. The number of aromatic carboxylic acids is 1. The molecule has 0 aliphatic rings. The van der Waals surface area contributed by atoms with Crippen LogP contribution in [0.5, 0.6) is 5.75 Å². The van der Waals surface area contributed by atoms with Gasteiger partial charge >= 0.3 is 11.9 Å². The predicted molar refractivity (Wildman–Crippen MR) is 80.8 cm³/mol. The quantitative estimate of drug-likeness (QED) is 0.745. The number of benzene rings is 1. The van der Waals surface area contributed by atoms with Crippen LogP contribution in [0.25, 0.3) is 10.4 Å². The number of rotatable bonds is 6. The number of carbonyl (C=O) groups is 2. The molecule has 2 aromatic rings. The summed E-state index contributed by atoms with van der Waals surface area (Å²) in [5.41, 5.74) is 1.26. The minimum Gasteiger partial charge on any atom is -0.479 e. The number of aliphatic hydroxyl groups excluding tert-OH is 1. The van der Waals surface area contributed by atoms with Crippen LogP contribution in [-0.4, -0.2) is 33.9 Å². The van der Waals surface area contributed by atoms with Gasteiger partial charge in [-0.3, -0.25) is 0 Å². The van der Waals surface area contributed by atoms with Crippen molar-refractivity contribution in [3.05, 3.63) is 39.7 Å². The summed E-state index contributed by atoms with van der Waals surface area (Å²) >= 11 is 7.04. The molecule has 0 unspecified atom stereocenters. The van der Waals surface area contributed by atoms with Gasteiger partial charge in [0.1, 0.15) is 5.02 Å². The lowest BCUT2D eigenvalue weighted by molar-refractivity contribution is -0.139. The Hall–Kier alpha value is -2.09. The smallest absolute Gasteiger partial charge is 0.349 e. The largest absolute Gasteiger partial charge is 0.479 e. The van der Waals surface area contributed by atoms with Gasteiger partial charge < -0.3 is 20.1 Å². The molecule has 6 nitrogen and oxygen atoms in total. The van der Waals surface area contributed by atoms with Crippen LogP contribution < -0.4 is 4.74 Å². The second-order valence-corrected chi connectivity index (χ2v) is 5.65. The van der Waals surface area contributed by atoms with Crippen molar-refractivity contribution < 1.29 is 29.6 Å². The first kappa shape index (κ1) is 16.3. The summed E-state index contributed by atoms with van der Waals surface area (Å²) in [5, 5.41) is 27.0. The maximum absolute atomic E-state index is 11.3. The van der Waals surface area contributed by atoms with Crippen LogP contribution in [-0.2, 0) is 11.4 Å². The minimum atomic E-state index is -1.25. The van der Waals surface area contributed by atoms with Crippen molar-refractivity contribution in [3.63, 3.8) is 0 Å². The molecule has 0 saturated carbocycles. The van der Waals surface area contributed by atoms with Gasteiger partial charge in [-0.15, -0.1) is 11.3 Å². The lowest BCUT2D eigenvalue weighted by atomic mass is 10.1. The number of aliphatic hydroxyl groups is 1. The van der Waals surface area contributed by atoms with Gasteiger partial charge in [0.2, 0.25) is 0 Å². The van der Waals surface area contributed by atoms with Crippen molar-refractivity contribution in [1.82, 2.24) is 0 Å². The summed E-state index contributed by atoms with van der Waals surface area (Å²) < 4.78 is 5.00. The van der Waals surface area contributed by atoms with E-state index in [2.05, 4.69) is 0 Å². The van der Waals surface area contributed by atoms with Crippen LogP contribution in [0.15, 0.2) is 24.3 Å². The van der Waals surface area contributed by atoms with Crippen molar-refractivity contribution in [2.75, 3.05) is 6.61 Å². The molecule has 1 heterocycles. The molecule has 8 heteroatoms. The Morgan fingerprint density at radius 3 is 2.59 bits per heavy atom. The van der Waals surface area contributed by atoms with Gasteiger partial charge in [0, 0.05) is 0 Å². The molecule has 0 spiro atoms. The van der Waals surface area contributed by atoms with Crippen molar-refractivity contribution in [2.45, 2.75) is 6.61 Å².